The van der Waals surface area contributed by atoms with Crippen LogP contribution in [0.3, 0.4) is 0 Å². The van der Waals surface area contributed by atoms with Crippen LogP contribution in [-0.2, 0) is 23.9 Å². The maximum atomic E-state index is 14.3. The highest BCUT2D eigenvalue weighted by atomic mass is 32.1. The fraction of sp³-hybridized carbons (Fsp3) is 0.706. The lowest BCUT2D eigenvalue weighted by atomic mass is 9.70. The van der Waals surface area contributed by atoms with Gasteiger partial charge in [-0.05, 0) is 56.6 Å². The lowest BCUT2D eigenvalue weighted by molar-refractivity contribution is -0.158. The van der Waals surface area contributed by atoms with Crippen molar-refractivity contribution in [1.29, 1.82) is 0 Å². The molecule has 1 aromatic heterocycles. The average Bonchev–Trinajstić information content (AvgIpc) is 3.34. The first-order valence-corrected chi connectivity index (χ1v) is 17.4. The van der Waals surface area contributed by atoms with E-state index in [-0.39, 0.29) is 40.4 Å². The number of nitrogens with one attached hydrogen (secondary N) is 1. The summed E-state index contributed by atoms with van der Waals surface area (Å²) in [5.41, 5.74) is 3.52. The molecule has 11 heteroatoms. The van der Waals surface area contributed by atoms with Crippen molar-refractivity contribution in [3.63, 3.8) is 0 Å². The molecule has 5 heterocycles. The van der Waals surface area contributed by atoms with Crippen molar-refractivity contribution in [3.05, 3.63) is 23.7 Å². The summed E-state index contributed by atoms with van der Waals surface area (Å²) in [5.74, 6) is -0.452. The summed E-state index contributed by atoms with van der Waals surface area (Å²) < 4.78 is 13.5. The molecule has 2 saturated carbocycles. The first kappa shape index (κ1) is 30.9. The molecular formula is C34H47N5O5S. The highest BCUT2D eigenvalue weighted by Gasteiger charge is 2.61. The van der Waals surface area contributed by atoms with Crippen molar-refractivity contribution < 1.29 is 23.9 Å². The Bertz CT molecular complexity index is 1460. The predicted molar refractivity (Wildman–Crippen MR) is 173 cm³/mol. The molecule has 8 rings (SSSR count). The van der Waals surface area contributed by atoms with Crippen LogP contribution >= 0.6 is 11.3 Å². The van der Waals surface area contributed by atoms with Crippen LogP contribution in [0, 0.1) is 28.1 Å². The number of aromatic nitrogens is 1. The number of ether oxygens (including phenoxy) is 2. The van der Waals surface area contributed by atoms with Gasteiger partial charge in [-0.1, -0.05) is 19.9 Å². The van der Waals surface area contributed by atoms with E-state index in [1.807, 2.05) is 29.5 Å². The molecule has 0 radical (unpaired) electrons. The summed E-state index contributed by atoms with van der Waals surface area (Å²) in [6.45, 7) is 9.67. The van der Waals surface area contributed by atoms with Gasteiger partial charge in [-0.3, -0.25) is 14.4 Å². The van der Waals surface area contributed by atoms with Gasteiger partial charge in [0.15, 0.2) is 0 Å². The fourth-order valence-corrected chi connectivity index (χ4v) is 9.08. The Morgan fingerprint density at radius 2 is 1.89 bits per heavy atom. The van der Waals surface area contributed by atoms with Gasteiger partial charge in [0.1, 0.15) is 6.04 Å². The number of hydrogen-bond donors (Lipinski definition) is 1. The third kappa shape index (κ3) is 5.52. The number of benzene rings is 1. The number of rotatable bonds is 9. The van der Waals surface area contributed by atoms with E-state index in [9.17, 15) is 14.4 Å². The van der Waals surface area contributed by atoms with Crippen molar-refractivity contribution in [1.82, 2.24) is 20.1 Å². The second-order valence-corrected chi connectivity index (χ2v) is 16.3. The number of carbonyl (C=O) groups is 3. The van der Waals surface area contributed by atoms with Crippen LogP contribution in [0.5, 0.6) is 0 Å². The zero-order valence-corrected chi connectivity index (χ0v) is 28.0. The number of carbonyl (C=O) groups excluding carboxylic acids is 3. The van der Waals surface area contributed by atoms with E-state index in [4.69, 9.17) is 9.47 Å². The Balaban J connectivity index is 1.10. The lowest BCUT2D eigenvalue weighted by Crippen LogP contribution is -2.65. The molecule has 244 valence electrons. The zero-order valence-electron chi connectivity index (χ0n) is 27.2. The van der Waals surface area contributed by atoms with Crippen molar-refractivity contribution in [2.24, 2.45) is 28.1 Å². The van der Waals surface area contributed by atoms with Gasteiger partial charge >= 0.3 is 0 Å². The van der Waals surface area contributed by atoms with E-state index in [0.717, 1.165) is 48.0 Å². The third-order valence-electron chi connectivity index (χ3n) is 11.5. The van der Waals surface area contributed by atoms with E-state index in [1.165, 1.54) is 4.90 Å². The normalized spacial score (nSPS) is 30.6. The Labute approximate surface area is 269 Å². The summed E-state index contributed by atoms with van der Waals surface area (Å²) in [7, 11) is 3.43. The Morgan fingerprint density at radius 3 is 2.53 bits per heavy atom. The van der Waals surface area contributed by atoms with Crippen molar-refractivity contribution in [2.75, 3.05) is 58.4 Å². The molecule has 1 spiro atoms. The predicted octanol–water partition coefficient (Wildman–Crippen LogP) is 3.54. The SMILES string of the molecule is C[C@@H](OCC12CCC(CC1)OC2)[C@H](NC(=O)[C@@H]1CN(c2cccc3ncsc23)CC12CN(C(=O)[C@H]1CC1(C)C)C2)C(=O)N(C)C. The lowest BCUT2D eigenvalue weighted by Gasteiger charge is -2.51. The molecule has 6 aliphatic rings. The maximum Gasteiger partial charge on any atom is 0.247 e. The smallest absolute Gasteiger partial charge is 0.247 e. The molecule has 2 aliphatic carbocycles. The van der Waals surface area contributed by atoms with Crippen LogP contribution in [-0.4, -0.2) is 104 Å². The standard InChI is InChI=1S/C34H47N5O5S/c1-21(43-18-33-11-9-22(10-12-33)44-19-33)27(31(42)37(4)5)36-29(40)24-14-38(26-8-6-7-25-28(26)45-20-35-25)15-34(24)16-39(17-34)30(41)23-13-32(23,2)3/h6-8,20-24,27H,9-19H2,1-5H3,(H,36,40)/t21-,22?,23-,24+,27+,33?/m1/s1. The van der Waals surface area contributed by atoms with Crippen molar-refractivity contribution in [2.45, 2.75) is 71.1 Å². The first-order valence-electron chi connectivity index (χ1n) is 16.5. The molecule has 4 atom stereocenters. The maximum absolute atomic E-state index is 14.3. The fourth-order valence-electron chi connectivity index (χ4n) is 8.24. The zero-order chi connectivity index (χ0) is 31.7. The summed E-state index contributed by atoms with van der Waals surface area (Å²) in [6, 6.07) is 5.30. The van der Waals surface area contributed by atoms with Gasteiger partial charge in [0, 0.05) is 57.0 Å². The monoisotopic (exact) mass is 637 g/mol. The second kappa shape index (κ2) is 11.2. The largest absolute Gasteiger partial charge is 0.378 e. The van der Waals surface area contributed by atoms with E-state index in [0.29, 0.717) is 45.5 Å². The van der Waals surface area contributed by atoms with Crippen LogP contribution < -0.4 is 10.2 Å². The van der Waals surface area contributed by atoms with Gasteiger partial charge in [0.25, 0.3) is 0 Å². The molecule has 4 saturated heterocycles. The van der Waals surface area contributed by atoms with Crippen LogP contribution in [0.1, 0.15) is 52.9 Å². The van der Waals surface area contributed by atoms with Gasteiger partial charge in [0.05, 0.1) is 52.8 Å². The number of amides is 3. The molecule has 2 aromatic rings. The summed E-state index contributed by atoms with van der Waals surface area (Å²) in [4.78, 5) is 51.5. The number of hydrogen-bond acceptors (Lipinski definition) is 8. The molecule has 1 aromatic carbocycles. The minimum atomic E-state index is -0.814. The van der Waals surface area contributed by atoms with Gasteiger partial charge < -0.3 is 29.5 Å². The topological polar surface area (TPSA) is 104 Å². The Kier molecular flexibility index (Phi) is 7.68. The van der Waals surface area contributed by atoms with Gasteiger partial charge in [-0.15, -0.1) is 11.3 Å². The Morgan fingerprint density at radius 1 is 1.16 bits per heavy atom. The Hall–Kier alpha value is -2.76. The minimum absolute atomic E-state index is 0.00946. The van der Waals surface area contributed by atoms with E-state index in [1.54, 1.807) is 25.4 Å². The molecule has 4 aliphatic heterocycles. The minimum Gasteiger partial charge on any atom is -0.378 e. The molecule has 2 bridgehead atoms. The van der Waals surface area contributed by atoms with Crippen molar-refractivity contribution in [3.8, 4) is 0 Å². The van der Waals surface area contributed by atoms with Gasteiger partial charge in [-0.25, -0.2) is 4.98 Å². The molecule has 3 amide bonds. The number of anilines is 1. The molecular weight excluding hydrogens is 590 g/mol. The summed E-state index contributed by atoms with van der Waals surface area (Å²) in [6.07, 6.45) is 5.05. The summed E-state index contributed by atoms with van der Waals surface area (Å²) in [5, 5.41) is 3.16. The van der Waals surface area contributed by atoms with Crippen LogP contribution in [0.15, 0.2) is 23.7 Å². The quantitative estimate of drug-likeness (QED) is 0.449. The number of fused-ring (bicyclic) bond motifs is 4. The average molecular weight is 638 g/mol. The van der Waals surface area contributed by atoms with E-state index < -0.39 is 17.6 Å². The van der Waals surface area contributed by atoms with Crippen LogP contribution in [0.25, 0.3) is 10.2 Å². The number of thiazole rings is 1. The molecule has 45 heavy (non-hydrogen) atoms. The molecule has 0 unspecified atom stereocenters. The summed E-state index contributed by atoms with van der Waals surface area (Å²) >= 11 is 1.60. The van der Waals surface area contributed by atoms with Crippen LogP contribution in [0.4, 0.5) is 5.69 Å². The number of likely N-dealkylation sites (N-methyl/N-ethyl adjacent to an activating group) is 1. The number of likely N-dealkylation sites (tertiary alicyclic amines) is 1. The molecule has 10 nitrogen and oxygen atoms in total. The molecule has 6 fully saturated rings. The number of nitrogens with zero attached hydrogens (tertiary/aromatic N) is 4. The van der Waals surface area contributed by atoms with Gasteiger partial charge in [0.2, 0.25) is 17.7 Å². The highest BCUT2D eigenvalue weighted by Crippen LogP contribution is 2.55. The van der Waals surface area contributed by atoms with Crippen LogP contribution in [0.2, 0.25) is 0 Å². The van der Waals surface area contributed by atoms with Crippen molar-refractivity contribution >= 4 is 45.0 Å². The van der Waals surface area contributed by atoms with Gasteiger partial charge in [-0.2, -0.15) is 0 Å². The van der Waals surface area contributed by atoms with E-state index in [2.05, 4.69) is 35.1 Å². The van der Waals surface area contributed by atoms with E-state index >= 15 is 0 Å². The molecule has 1 N–H and O–H groups in total. The highest BCUT2D eigenvalue weighted by molar-refractivity contribution is 7.17. The first-order chi connectivity index (χ1) is 21.4. The third-order valence-corrected chi connectivity index (χ3v) is 12.4. The second-order valence-electron chi connectivity index (χ2n) is 15.5.